The van der Waals surface area contributed by atoms with Crippen LogP contribution in [0.15, 0.2) is 0 Å². The molecule has 0 fully saturated rings. The highest BCUT2D eigenvalue weighted by Crippen LogP contribution is 2.05. The Morgan fingerprint density at radius 2 is 1.64 bits per heavy atom. The molecule has 0 amide bonds. The molecule has 0 heterocycles. The fourth-order valence-electron chi connectivity index (χ4n) is 1.04. The van der Waals surface area contributed by atoms with E-state index in [0.717, 1.165) is 12.8 Å². The van der Waals surface area contributed by atoms with Gasteiger partial charge >= 0.3 is 0 Å². The zero-order valence-corrected chi connectivity index (χ0v) is 7.36. The quantitative estimate of drug-likeness (QED) is 0.412. The molecule has 0 aliphatic rings. The Labute approximate surface area is 69.8 Å². The van der Waals surface area contributed by atoms with Gasteiger partial charge in [0.1, 0.15) is 0 Å². The van der Waals surface area contributed by atoms with Crippen molar-refractivity contribution in [2.75, 3.05) is 0 Å². The number of unbranched alkanes of at least 4 members (excludes halogenated alkanes) is 6. The lowest BCUT2D eigenvalue weighted by molar-refractivity contribution is 0.391. The van der Waals surface area contributed by atoms with E-state index in [9.17, 15) is 5.11 Å². The highest BCUT2D eigenvalue weighted by Gasteiger charge is 1.87. The molecule has 0 bridgehead atoms. The Kier molecular flexibility index (Phi) is 8.82. The highest BCUT2D eigenvalue weighted by atomic mass is 16.2. The number of hydrogen-bond acceptors (Lipinski definition) is 0. The first-order valence-corrected chi connectivity index (χ1v) is 4.51. The number of hydrogen-bond donors (Lipinski definition) is 0. The summed E-state index contributed by atoms with van der Waals surface area (Å²) in [6, 6.07) is 0. The average Bonchev–Trinajstić information content (AvgIpc) is 2.03. The van der Waals surface area contributed by atoms with Gasteiger partial charge in [0.05, 0.1) is 0 Å². The van der Waals surface area contributed by atoms with Crippen molar-refractivity contribution >= 4 is 0 Å². The van der Waals surface area contributed by atoms with Gasteiger partial charge in [-0.05, 0) is 6.42 Å². The summed E-state index contributed by atoms with van der Waals surface area (Å²) in [5.41, 5.74) is 0. The standard InChI is InChI=1S/C10H17O/c1-2-3-4-5-6-7-8-9-10-11/h2-8H2,1H3. The van der Waals surface area contributed by atoms with E-state index in [0.29, 0.717) is 0 Å². The van der Waals surface area contributed by atoms with Crippen molar-refractivity contribution in [3.63, 3.8) is 0 Å². The van der Waals surface area contributed by atoms with Gasteiger partial charge in [-0.25, -0.2) is 5.11 Å². The van der Waals surface area contributed by atoms with Crippen LogP contribution in [0.2, 0.25) is 0 Å². The van der Waals surface area contributed by atoms with Gasteiger partial charge in [0.15, 0.2) is 6.11 Å². The normalized spacial score (nSPS) is 8.82. The second kappa shape index (κ2) is 9.36. The first-order valence-electron chi connectivity index (χ1n) is 4.51. The molecule has 0 N–H and O–H groups in total. The minimum Gasteiger partial charge on any atom is -0.224 e. The lowest BCUT2D eigenvalue weighted by Crippen LogP contribution is -1.77. The summed E-state index contributed by atoms with van der Waals surface area (Å²) < 4.78 is 0. The van der Waals surface area contributed by atoms with Crippen molar-refractivity contribution in [2.45, 2.75) is 51.9 Å². The van der Waals surface area contributed by atoms with Crippen LogP contribution in [0.3, 0.4) is 0 Å². The zero-order valence-electron chi connectivity index (χ0n) is 7.36. The fourth-order valence-corrected chi connectivity index (χ4v) is 1.04. The highest BCUT2D eigenvalue weighted by molar-refractivity contribution is 4.88. The second-order valence-electron chi connectivity index (χ2n) is 2.80. The largest absolute Gasteiger partial charge is 0.224 e. The summed E-state index contributed by atoms with van der Waals surface area (Å²) in [6.07, 6.45) is 10.1. The molecule has 0 aromatic carbocycles. The number of rotatable bonds is 6. The van der Waals surface area contributed by atoms with Crippen molar-refractivity contribution in [1.29, 1.82) is 0 Å². The van der Waals surface area contributed by atoms with Crippen molar-refractivity contribution < 1.29 is 5.11 Å². The van der Waals surface area contributed by atoms with E-state index in [1.54, 1.807) is 6.11 Å². The van der Waals surface area contributed by atoms with Gasteiger partial charge in [-0.1, -0.05) is 44.9 Å². The van der Waals surface area contributed by atoms with Gasteiger partial charge in [0.2, 0.25) is 0 Å². The van der Waals surface area contributed by atoms with Crippen molar-refractivity contribution in [3.05, 3.63) is 0 Å². The molecule has 1 heteroatoms. The van der Waals surface area contributed by atoms with Gasteiger partial charge in [-0.2, -0.15) is 0 Å². The van der Waals surface area contributed by atoms with E-state index >= 15 is 0 Å². The molecule has 63 valence electrons. The summed E-state index contributed by atoms with van der Waals surface area (Å²) in [6.45, 7) is 2.21. The molecule has 0 unspecified atom stereocenters. The third-order valence-electron chi connectivity index (χ3n) is 1.73. The zero-order chi connectivity index (χ0) is 8.36. The molecule has 0 saturated carbocycles. The van der Waals surface area contributed by atoms with Gasteiger partial charge in [0.25, 0.3) is 0 Å². The van der Waals surface area contributed by atoms with Crippen LogP contribution in [0.5, 0.6) is 0 Å². The maximum absolute atomic E-state index is 9.70. The Hall–Kier alpha value is -0.640. The van der Waals surface area contributed by atoms with Crippen LogP contribution >= 0.6 is 0 Å². The molecule has 0 aliphatic heterocycles. The lowest BCUT2D eigenvalue weighted by atomic mass is 10.1. The molecule has 0 aliphatic carbocycles. The molecule has 11 heavy (non-hydrogen) atoms. The minimum atomic E-state index is 0.787. The SMILES string of the molecule is CCCCCCCCC#C[O]. The molecule has 0 aromatic rings. The predicted octanol–water partition coefficient (Wildman–Crippen LogP) is 3.13. The first kappa shape index (κ1) is 10.4. The maximum Gasteiger partial charge on any atom is 0.172 e. The molecular formula is C10H17O. The van der Waals surface area contributed by atoms with Crippen LogP contribution in [-0.2, 0) is 5.11 Å². The predicted molar refractivity (Wildman–Crippen MR) is 46.5 cm³/mol. The van der Waals surface area contributed by atoms with Crippen LogP contribution in [0.1, 0.15) is 51.9 Å². The summed E-state index contributed by atoms with van der Waals surface area (Å²) in [7, 11) is 0. The van der Waals surface area contributed by atoms with Crippen LogP contribution < -0.4 is 0 Å². The Balaban J connectivity index is 2.83. The molecule has 0 aromatic heterocycles. The van der Waals surface area contributed by atoms with E-state index in [-0.39, 0.29) is 0 Å². The van der Waals surface area contributed by atoms with Crippen molar-refractivity contribution in [3.8, 4) is 12.0 Å². The van der Waals surface area contributed by atoms with Crippen LogP contribution in [0.4, 0.5) is 0 Å². The molecule has 0 spiro atoms. The Morgan fingerprint density at radius 3 is 2.27 bits per heavy atom. The summed E-state index contributed by atoms with van der Waals surface area (Å²) in [5.74, 6) is 2.53. The van der Waals surface area contributed by atoms with Crippen molar-refractivity contribution in [1.82, 2.24) is 0 Å². The van der Waals surface area contributed by atoms with Gasteiger partial charge in [-0.3, -0.25) is 0 Å². The molecule has 1 nitrogen and oxygen atoms in total. The van der Waals surface area contributed by atoms with E-state index in [4.69, 9.17) is 0 Å². The molecule has 0 saturated heterocycles. The topological polar surface area (TPSA) is 19.9 Å². The molecule has 0 atom stereocenters. The van der Waals surface area contributed by atoms with Crippen LogP contribution in [-0.4, -0.2) is 0 Å². The summed E-state index contributed by atoms with van der Waals surface area (Å²) >= 11 is 0. The fraction of sp³-hybridized carbons (Fsp3) is 0.800. The smallest absolute Gasteiger partial charge is 0.172 e. The van der Waals surface area contributed by atoms with Crippen LogP contribution in [0, 0.1) is 12.0 Å². The molecule has 1 radical (unpaired) electrons. The van der Waals surface area contributed by atoms with Gasteiger partial charge in [-0.15, -0.1) is 0 Å². The third kappa shape index (κ3) is 9.36. The van der Waals surface area contributed by atoms with E-state index in [1.165, 1.54) is 32.1 Å². The van der Waals surface area contributed by atoms with E-state index < -0.39 is 0 Å². The van der Waals surface area contributed by atoms with Gasteiger partial charge in [0, 0.05) is 6.42 Å². The lowest BCUT2D eigenvalue weighted by Gasteiger charge is -1.95. The maximum atomic E-state index is 9.70. The van der Waals surface area contributed by atoms with Crippen LogP contribution in [0.25, 0.3) is 0 Å². The summed E-state index contributed by atoms with van der Waals surface area (Å²) in [4.78, 5) is 0. The summed E-state index contributed by atoms with van der Waals surface area (Å²) in [5, 5.41) is 9.70. The van der Waals surface area contributed by atoms with E-state index in [1.807, 2.05) is 0 Å². The molecular weight excluding hydrogens is 136 g/mol. The monoisotopic (exact) mass is 153 g/mol. The second-order valence-corrected chi connectivity index (χ2v) is 2.80. The molecule has 0 rings (SSSR count). The average molecular weight is 153 g/mol. The first-order chi connectivity index (χ1) is 5.41. The third-order valence-corrected chi connectivity index (χ3v) is 1.73. The Bertz CT molecular complexity index is 119. The van der Waals surface area contributed by atoms with Gasteiger partial charge < -0.3 is 0 Å². The van der Waals surface area contributed by atoms with Crippen molar-refractivity contribution in [2.24, 2.45) is 0 Å². The minimum absolute atomic E-state index is 0.787. The van der Waals surface area contributed by atoms with E-state index in [2.05, 4.69) is 12.8 Å². The Morgan fingerprint density at radius 1 is 1.00 bits per heavy atom.